The van der Waals surface area contributed by atoms with E-state index in [-0.39, 0.29) is 0 Å². The lowest BCUT2D eigenvalue weighted by atomic mass is 10.1. The van der Waals surface area contributed by atoms with Crippen LogP contribution in [0.3, 0.4) is 0 Å². The molecule has 6 heteroatoms. The number of methoxy groups -OCH3 is 1. The van der Waals surface area contributed by atoms with Gasteiger partial charge < -0.3 is 20.3 Å². The first kappa shape index (κ1) is 24.1. The van der Waals surface area contributed by atoms with E-state index in [1.54, 1.807) is 7.11 Å². The quantitative estimate of drug-likeness (QED) is 0.439. The Morgan fingerprint density at radius 3 is 2.47 bits per heavy atom. The Hall–Kier alpha value is -2.57. The fourth-order valence-electron chi connectivity index (χ4n) is 4.20. The summed E-state index contributed by atoms with van der Waals surface area (Å²) in [6.45, 7) is 8.05. The maximum Gasteiger partial charge on any atom is 0.191 e. The van der Waals surface area contributed by atoms with Crippen molar-refractivity contribution in [3.8, 4) is 5.75 Å². The van der Waals surface area contributed by atoms with Crippen molar-refractivity contribution in [2.24, 2.45) is 4.99 Å². The van der Waals surface area contributed by atoms with Crippen LogP contribution in [-0.4, -0.2) is 63.1 Å². The predicted octanol–water partition coefficient (Wildman–Crippen LogP) is 3.65. The lowest BCUT2D eigenvalue weighted by molar-refractivity contribution is 0.245. The largest absolute Gasteiger partial charge is 0.497 e. The third kappa shape index (κ3) is 6.97. The van der Waals surface area contributed by atoms with E-state index in [4.69, 9.17) is 4.74 Å². The summed E-state index contributed by atoms with van der Waals surface area (Å²) < 4.78 is 5.34. The highest BCUT2D eigenvalue weighted by atomic mass is 16.5. The maximum absolute atomic E-state index is 5.34. The SMILES string of the molecule is CCN(C)Cc1cccc(CNC(=NC)NCC(c2ccc(OC)cc2)N2CCCC2)c1. The molecule has 174 valence electrons. The molecule has 2 aromatic carbocycles. The minimum atomic E-state index is 0.315. The van der Waals surface area contributed by atoms with E-state index < -0.39 is 0 Å². The molecule has 6 nitrogen and oxygen atoms in total. The van der Waals surface area contributed by atoms with E-state index in [9.17, 15) is 0 Å². The van der Waals surface area contributed by atoms with Crippen molar-refractivity contribution >= 4 is 5.96 Å². The highest BCUT2D eigenvalue weighted by Gasteiger charge is 2.23. The zero-order valence-electron chi connectivity index (χ0n) is 20.1. The zero-order valence-corrected chi connectivity index (χ0v) is 20.1. The summed E-state index contributed by atoms with van der Waals surface area (Å²) >= 11 is 0. The van der Waals surface area contributed by atoms with E-state index in [1.165, 1.54) is 29.5 Å². The molecule has 1 aliphatic heterocycles. The van der Waals surface area contributed by atoms with Gasteiger partial charge in [-0.25, -0.2) is 0 Å². The lowest BCUT2D eigenvalue weighted by Crippen LogP contribution is -2.42. The van der Waals surface area contributed by atoms with Crippen molar-refractivity contribution < 1.29 is 4.74 Å². The number of guanidine groups is 1. The molecule has 0 aliphatic carbocycles. The molecule has 32 heavy (non-hydrogen) atoms. The molecule has 1 saturated heterocycles. The summed E-state index contributed by atoms with van der Waals surface area (Å²) in [5.41, 5.74) is 3.91. The summed E-state index contributed by atoms with van der Waals surface area (Å²) in [5.74, 6) is 1.73. The van der Waals surface area contributed by atoms with Crippen LogP contribution in [0.2, 0.25) is 0 Å². The molecule has 1 atom stereocenters. The number of rotatable bonds is 10. The van der Waals surface area contributed by atoms with Gasteiger partial charge in [0.05, 0.1) is 13.2 Å². The van der Waals surface area contributed by atoms with Crippen LogP contribution in [0.15, 0.2) is 53.5 Å². The summed E-state index contributed by atoms with van der Waals surface area (Å²) in [6, 6.07) is 17.5. The van der Waals surface area contributed by atoms with Crippen molar-refractivity contribution in [1.82, 2.24) is 20.4 Å². The average Bonchev–Trinajstić information content (AvgIpc) is 3.36. The summed E-state index contributed by atoms with van der Waals surface area (Å²) in [5, 5.41) is 7.04. The van der Waals surface area contributed by atoms with Crippen LogP contribution in [0, 0.1) is 0 Å². The number of nitrogens with one attached hydrogen (secondary N) is 2. The van der Waals surface area contributed by atoms with Gasteiger partial charge in [0.15, 0.2) is 5.96 Å². The third-order valence-corrected chi connectivity index (χ3v) is 6.21. The fraction of sp³-hybridized carbons (Fsp3) is 0.500. The van der Waals surface area contributed by atoms with Gasteiger partial charge in [-0.2, -0.15) is 0 Å². The summed E-state index contributed by atoms with van der Waals surface area (Å²) in [6.07, 6.45) is 2.53. The predicted molar refractivity (Wildman–Crippen MR) is 133 cm³/mol. The van der Waals surface area contributed by atoms with Crippen LogP contribution in [0.1, 0.15) is 42.5 Å². The number of benzene rings is 2. The third-order valence-electron chi connectivity index (χ3n) is 6.21. The smallest absolute Gasteiger partial charge is 0.191 e. The van der Waals surface area contributed by atoms with E-state index in [0.717, 1.165) is 51.0 Å². The van der Waals surface area contributed by atoms with Gasteiger partial charge in [-0.05, 0) is 68.3 Å². The molecule has 0 amide bonds. The molecule has 0 radical (unpaired) electrons. The van der Waals surface area contributed by atoms with Gasteiger partial charge >= 0.3 is 0 Å². The molecule has 0 saturated carbocycles. The minimum absolute atomic E-state index is 0.315. The highest BCUT2D eigenvalue weighted by molar-refractivity contribution is 5.79. The monoisotopic (exact) mass is 437 g/mol. The van der Waals surface area contributed by atoms with E-state index in [1.807, 2.05) is 7.05 Å². The van der Waals surface area contributed by atoms with Gasteiger partial charge in [-0.1, -0.05) is 43.3 Å². The Kier molecular flexibility index (Phi) is 9.38. The molecule has 2 aromatic rings. The number of hydrogen-bond donors (Lipinski definition) is 2. The second-order valence-corrected chi connectivity index (χ2v) is 8.49. The number of aliphatic imine (C=N–C) groups is 1. The van der Waals surface area contributed by atoms with E-state index >= 15 is 0 Å². The molecule has 0 aromatic heterocycles. The standard InChI is InChI=1S/C26H39N5O/c1-5-30(3)20-22-10-8-9-21(17-22)18-28-26(27-2)29-19-25(31-15-6-7-16-31)23-11-13-24(32-4)14-12-23/h8-14,17,25H,5-7,15-16,18-20H2,1-4H3,(H2,27,28,29). The minimum Gasteiger partial charge on any atom is -0.497 e. The number of hydrogen-bond acceptors (Lipinski definition) is 4. The fourth-order valence-corrected chi connectivity index (χ4v) is 4.20. The lowest BCUT2D eigenvalue weighted by Gasteiger charge is -2.29. The Morgan fingerprint density at radius 2 is 1.81 bits per heavy atom. The average molecular weight is 438 g/mol. The molecule has 2 N–H and O–H groups in total. The van der Waals surface area contributed by atoms with E-state index in [0.29, 0.717) is 6.04 Å². The van der Waals surface area contributed by atoms with Crippen molar-refractivity contribution in [3.63, 3.8) is 0 Å². The summed E-state index contributed by atoms with van der Waals surface area (Å²) in [7, 11) is 5.69. The van der Waals surface area contributed by atoms with Gasteiger partial charge in [-0.3, -0.25) is 9.89 Å². The Balaban J connectivity index is 1.59. The molecule has 0 bridgehead atoms. The van der Waals surface area contributed by atoms with Crippen LogP contribution in [0.4, 0.5) is 0 Å². The topological polar surface area (TPSA) is 52.1 Å². The van der Waals surface area contributed by atoms with Crippen LogP contribution in [-0.2, 0) is 13.1 Å². The number of nitrogens with zero attached hydrogens (tertiary/aromatic N) is 3. The number of ether oxygens (including phenoxy) is 1. The maximum atomic E-state index is 5.34. The van der Waals surface area contributed by atoms with Gasteiger partial charge in [-0.15, -0.1) is 0 Å². The molecule has 1 aliphatic rings. The number of likely N-dealkylation sites (tertiary alicyclic amines) is 1. The Labute approximate surface area is 193 Å². The van der Waals surface area contributed by atoms with Gasteiger partial charge in [0.1, 0.15) is 5.75 Å². The molecule has 1 heterocycles. The second-order valence-electron chi connectivity index (χ2n) is 8.49. The van der Waals surface area contributed by atoms with Crippen molar-refractivity contribution in [1.29, 1.82) is 0 Å². The van der Waals surface area contributed by atoms with Gasteiger partial charge in [0.2, 0.25) is 0 Å². The molecule has 3 rings (SSSR count). The Morgan fingerprint density at radius 1 is 1.09 bits per heavy atom. The second kappa shape index (κ2) is 12.5. The molecule has 1 unspecified atom stereocenters. The van der Waals surface area contributed by atoms with Crippen LogP contribution in [0.5, 0.6) is 5.75 Å². The normalized spacial score (nSPS) is 15.7. The molecule has 0 spiro atoms. The van der Waals surface area contributed by atoms with Crippen molar-refractivity contribution in [2.75, 3.05) is 47.4 Å². The molecule has 1 fully saturated rings. The van der Waals surface area contributed by atoms with Gasteiger partial charge in [0.25, 0.3) is 0 Å². The Bertz CT molecular complexity index is 846. The first-order chi connectivity index (χ1) is 15.6. The summed E-state index contributed by atoms with van der Waals surface area (Å²) in [4.78, 5) is 9.33. The highest BCUT2D eigenvalue weighted by Crippen LogP contribution is 2.26. The van der Waals surface area contributed by atoms with Crippen LogP contribution in [0.25, 0.3) is 0 Å². The first-order valence-corrected chi connectivity index (χ1v) is 11.7. The van der Waals surface area contributed by atoms with Crippen LogP contribution < -0.4 is 15.4 Å². The molecular weight excluding hydrogens is 398 g/mol. The van der Waals surface area contributed by atoms with Crippen molar-refractivity contribution in [3.05, 3.63) is 65.2 Å². The van der Waals surface area contributed by atoms with E-state index in [2.05, 4.69) is 87.9 Å². The zero-order chi connectivity index (χ0) is 22.8. The van der Waals surface area contributed by atoms with Crippen LogP contribution >= 0.6 is 0 Å². The van der Waals surface area contributed by atoms with Crippen molar-refractivity contribution in [2.45, 2.75) is 38.9 Å². The van der Waals surface area contributed by atoms with Gasteiger partial charge in [0, 0.05) is 26.7 Å². The molecular formula is C26H39N5O. The first-order valence-electron chi connectivity index (χ1n) is 11.7.